The van der Waals surface area contributed by atoms with E-state index in [4.69, 9.17) is 9.84 Å². The Bertz CT molecular complexity index is 861. The van der Waals surface area contributed by atoms with Gasteiger partial charge in [0, 0.05) is 35.4 Å². The molecule has 0 spiro atoms. The van der Waals surface area contributed by atoms with Crippen molar-refractivity contribution in [3.63, 3.8) is 0 Å². The van der Waals surface area contributed by atoms with Crippen LogP contribution in [0.2, 0.25) is 0 Å². The zero-order chi connectivity index (χ0) is 18.3. The monoisotopic (exact) mass is 351 g/mol. The number of non-ortho nitro benzene ring substituents is 1. The van der Waals surface area contributed by atoms with E-state index in [9.17, 15) is 10.1 Å². The molecule has 2 aromatic rings. The fourth-order valence-electron chi connectivity index (χ4n) is 3.67. The third kappa shape index (κ3) is 2.92. The molecule has 2 atom stereocenters. The molecule has 0 aliphatic carbocycles. The number of fused-ring (bicyclic) bond motifs is 3. The number of nitrogens with zero attached hydrogens (tertiary/aromatic N) is 3. The molecule has 0 saturated carbocycles. The summed E-state index contributed by atoms with van der Waals surface area (Å²) in [6.07, 6.45) is 1.48. The van der Waals surface area contributed by atoms with Crippen molar-refractivity contribution in [2.75, 3.05) is 0 Å². The molecule has 2 aromatic carbocycles. The summed E-state index contributed by atoms with van der Waals surface area (Å²) in [5.41, 5.74) is 3.27. The summed E-state index contributed by atoms with van der Waals surface area (Å²) < 4.78 is 6.23. The number of hydrogen-bond donors (Lipinski definition) is 0. The Hall–Kier alpha value is -2.89. The average Bonchev–Trinajstić information content (AvgIpc) is 3.04. The van der Waals surface area contributed by atoms with Crippen molar-refractivity contribution in [2.24, 2.45) is 11.0 Å². The Morgan fingerprint density at radius 3 is 2.65 bits per heavy atom. The van der Waals surface area contributed by atoms with Gasteiger partial charge in [-0.25, -0.2) is 5.01 Å². The van der Waals surface area contributed by atoms with E-state index >= 15 is 0 Å². The van der Waals surface area contributed by atoms with Gasteiger partial charge in [-0.2, -0.15) is 5.10 Å². The van der Waals surface area contributed by atoms with Gasteiger partial charge < -0.3 is 4.74 Å². The zero-order valence-electron chi connectivity index (χ0n) is 14.8. The first-order valence-electron chi connectivity index (χ1n) is 8.87. The molecular weight excluding hydrogens is 330 g/mol. The summed E-state index contributed by atoms with van der Waals surface area (Å²) in [6, 6.07) is 14.7. The largest absolute Gasteiger partial charge is 0.464 e. The standard InChI is InChI=1S/C20H21N3O3/c1-13(2)11-15-12-18-17-5-3-4-6-19(17)26-20(22(18)21-15)14-7-9-16(10-8-14)23(24)25/h3-10,13,18,20H,11-12H2,1-2H3/t18-,20+/m1/s1. The molecule has 0 bridgehead atoms. The molecule has 2 aliphatic heterocycles. The topological polar surface area (TPSA) is 68.0 Å². The number of nitro benzene ring substituents is 1. The van der Waals surface area contributed by atoms with Crippen molar-refractivity contribution in [3.05, 3.63) is 69.8 Å². The van der Waals surface area contributed by atoms with Gasteiger partial charge in [0.2, 0.25) is 6.23 Å². The molecule has 0 radical (unpaired) electrons. The SMILES string of the molecule is CC(C)CC1=NN2[C@H](C1)c1ccccc1O[C@H]2c1ccc([N+](=O)[O-])cc1. The van der Waals surface area contributed by atoms with Crippen LogP contribution in [0.25, 0.3) is 0 Å². The zero-order valence-corrected chi connectivity index (χ0v) is 14.8. The minimum Gasteiger partial charge on any atom is -0.464 e. The highest BCUT2D eigenvalue weighted by atomic mass is 16.6. The summed E-state index contributed by atoms with van der Waals surface area (Å²) in [5, 5.41) is 17.8. The first kappa shape index (κ1) is 16.6. The average molecular weight is 351 g/mol. The number of hydrogen-bond acceptors (Lipinski definition) is 5. The second kappa shape index (κ2) is 6.44. The van der Waals surface area contributed by atoms with Gasteiger partial charge in [-0.3, -0.25) is 10.1 Å². The highest BCUT2D eigenvalue weighted by molar-refractivity contribution is 5.86. The molecular formula is C20H21N3O3. The van der Waals surface area contributed by atoms with Crippen LogP contribution >= 0.6 is 0 Å². The number of ether oxygens (including phenoxy) is 1. The lowest BCUT2D eigenvalue weighted by Gasteiger charge is -2.38. The molecule has 0 fully saturated rings. The van der Waals surface area contributed by atoms with E-state index in [0.29, 0.717) is 5.92 Å². The van der Waals surface area contributed by atoms with Crippen molar-refractivity contribution in [1.82, 2.24) is 5.01 Å². The molecule has 26 heavy (non-hydrogen) atoms. The molecule has 0 saturated heterocycles. The van der Waals surface area contributed by atoms with Gasteiger partial charge in [-0.15, -0.1) is 0 Å². The molecule has 0 N–H and O–H groups in total. The summed E-state index contributed by atoms with van der Waals surface area (Å²) in [5.74, 6) is 1.40. The van der Waals surface area contributed by atoms with Crippen LogP contribution in [0.3, 0.4) is 0 Å². The fraction of sp³-hybridized carbons (Fsp3) is 0.350. The van der Waals surface area contributed by atoms with Crippen LogP contribution in [-0.2, 0) is 0 Å². The predicted molar refractivity (Wildman–Crippen MR) is 99.0 cm³/mol. The summed E-state index contributed by atoms with van der Waals surface area (Å²) in [6.45, 7) is 4.39. The second-order valence-electron chi connectivity index (χ2n) is 7.22. The van der Waals surface area contributed by atoms with Crippen LogP contribution < -0.4 is 4.74 Å². The first-order chi connectivity index (χ1) is 12.5. The minimum absolute atomic E-state index is 0.0759. The summed E-state index contributed by atoms with van der Waals surface area (Å²) in [4.78, 5) is 10.5. The number of benzene rings is 2. The van der Waals surface area contributed by atoms with Gasteiger partial charge in [0.05, 0.1) is 11.0 Å². The lowest BCUT2D eigenvalue weighted by molar-refractivity contribution is -0.384. The maximum Gasteiger partial charge on any atom is 0.269 e. The van der Waals surface area contributed by atoms with E-state index in [-0.39, 0.29) is 18.0 Å². The molecule has 4 rings (SSSR count). The molecule has 0 unspecified atom stereocenters. The highest BCUT2D eigenvalue weighted by Gasteiger charge is 2.40. The van der Waals surface area contributed by atoms with Crippen LogP contribution in [0.15, 0.2) is 53.6 Å². The number of nitro groups is 1. The second-order valence-corrected chi connectivity index (χ2v) is 7.22. The lowest BCUT2D eigenvalue weighted by Crippen LogP contribution is -2.33. The Labute approximate surface area is 152 Å². The highest BCUT2D eigenvalue weighted by Crippen LogP contribution is 2.47. The Balaban J connectivity index is 1.71. The third-order valence-electron chi connectivity index (χ3n) is 4.80. The van der Waals surface area contributed by atoms with Crippen molar-refractivity contribution >= 4 is 11.4 Å². The maximum absolute atomic E-state index is 10.9. The summed E-state index contributed by atoms with van der Waals surface area (Å²) in [7, 11) is 0. The Morgan fingerprint density at radius 2 is 1.96 bits per heavy atom. The Morgan fingerprint density at radius 1 is 1.23 bits per heavy atom. The van der Waals surface area contributed by atoms with Gasteiger partial charge >= 0.3 is 0 Å². The van der Waals surface area contributed by atoms with Crippen LogP contribution in [0.1, 0.15) is 50.1 Å². The predicted octanol–water partition coefficient (Wildman–Crippen LogP) is 4.83. The van der Waals surface area contributed by atoms with Crippen molar-refractivity contribution in [3.8, 4) is 5.75 Å². The van der Waals surface area contributed by atoms with Gasteiger partial charge in [-0.1, -0.05) is 32.0 Å². The fourth-order valence-corrected chi connectivity index (χ4v) is 3.67. The van der Waals surface area contributed by atoms with E-state index in [0.717, 1.165) is 29.7 Å². The summed E-state index contributed by atoms with van der Waals surface area (Å²) >= 11 is 0. The van der Waals surface area contributed by atoms with Crippen LogP contribution in [0.4, 0.5) is 5.69 Å². The molecule has 0 amide bonds. The van der Waals surface area contributed by atoms with E-state index < -0.39 is 4.92 Å². The van der Waals surface area contributed by atoms with Gasteiger partial charge in [0.15, 0.2) is 0 Å². The Kier molecular flexibility index (Phi) is 4.11. The molecule has 0 aromatic heterocycles. The van der Waals surface area contributed by atoms with Gasteiger partial charge in [-0.05, 0) is 30.5 Å². The third-order valence-corrected chi connectivity index (χ3v) is 4.80. The molecule has 6 heteroatoms. The molecule has 2 aliphatic rings. The normalized spacial score (nSPS) is 21.0. The van der Waals surface area contributed by atoms with Crippen molar-refractivity contribution in [1.29, 1.82) is 0 Å². The van der Waals surface area contributed by atoms with E-state index in [1.807, 2.05) is 23.2 Å². The van der Waals surface area contributed by atoms with Crippen LogP contribution in [0.5, 0.6) is 5.75 Å². The smallest absolute Gasteiger partial charge is 0.269 e. The van der Waals surface area contributed by atoms with Crippen molar-refractivity contribution in [2.45, 2.75) is 39.0 Å². The number of rotatable bonds is 4. The van der Waals surface area contributed by atoms with Gasteiger partial charge in [0.1, 0.15) is 5.75 Å². The quantitative estimate of drug-likeness (QED) is 0.584. The van der Waals surface area contributed by atoms with Crippen LogP contribution in [0, 0.1) is 16.0 Å². The van der Waals surface area contributed by atoms with Crippen LogP contribution in [-0.4, -0.2) is 15.6 Å². The number of hydrazone groups is 1. The first-order valence-corrected chi connectivity index (χ1v) is 8.87. The number of para-hydroxylation sites is 1. The molecule has 6 nitrogen and oxygen atoms in total. The van der Waals surface area contributed by atoms with E-state index in [2.05, 4.69) is 19.9 Å². The van der Waals surface area contributed by atoms with Gasteiger partial charge in [0.25, 0.3) is 5.69 Å². The van der Waals surface area contributed by atoms with E-state index in [1.54, 1.807) is 12.1 Å². The molecule has 134 valence electrons. The minimum atomic E-state index is -0.391. The molecule has 2 heterocycles. The van der Waals surface area contributed by atoms with Crippen molar-refractivity contribution < 1.29 is 9.66 Å². The maximum atomic E-state index is 10.9. The van der Waals surface area contributed by atoms with E-state index in [1.165, 1.54) is 17.8 Å². The lowest BCUT2D eigenvalue weighted by atomic mass is 9.95.